The molecule has 154 valence electrons. The number of nitrogens with zero attached hydrogens (tertiary/aromatic N) is 6. The number of hydrazone groups is 1. The van der Waals surface area contributed by atoms with Crippen LogP contribution in [0.15, 0.2) is 49.2 Å². The van der Waals surface area contributed by atoms with Crippen LogP contribution in [0.1, 0.15) is 46.5 Å². The number of nitrogens with one attached hydrogen (secondary N) is 1. The molecular formula is C20H26BrN7O. The van der Waals surface area contributed by atoms with Crippen molar-refractivity contribution in [2.45, 2.75) is 64.3 Å². The maximum absolute atomic E-state index is 10.3. The number of rotatable bonds is 6. The van der Waals surface area contributed by atoms with Crippen molar-refractivity contribution >= 4 is 40.1 Å². The first-order valence-corrected chi connectivity index (χ1v) is 10.7. The molecular weight excluding hydrogens is 434 g/mol. The highest BCUT2D eigenvalue weighted by atomic mass is 79.9. The van der Waals surface area contributed by atoms with E-state index in [4.69, 9.17) is 9.98 Å². The summed E-state index contributed by atoms with van der Waals surface area (Å²) in [5, 5.41) is 18.7. The summed E-state index contributed by atoms with van der Waals surface area (Å²) in [6.07, 6.45) is 8.83. The molecule has 0 aromatic carbocycles. The molecule has 0 spiro atoms. The van der Waals surface area contributed by atoms with Crippen LogP contribution in [0.25, 0.3) is 0 Å². The third kappa shape index (κ3) is 3.93. The summed E-state index contributed by atoms with van der Waals surface area (Å²) in [5.41, 5.74) is 4.39. The number of aromatic nitrogens is 1. The summed E-state index contributed by atoms with van der Waals surface area (Å²) in [6.45, 7) is 5.63. The van der Waals surface area contributed by atoms with Gasteiger partial charge in [-0.25, -0.2) is 25.0 Å². The zero-order valence-corrected chi connectivity index (χ0v) is 18.5. The minimum absolute atomic E-state index is 0.152. The zero-order chi connectivity index (χ0) is 20.6. The quantitative estimate of drug-likeness (QED) is 0.681. The number of aliphatic imine (C=N–C) groups is 2. The smallest absolute Gasteiger partial charge is 0.166 e. The standard InChI is InChI=1S/C20H26BrN7O/c1-4-6-14-16(23-12-27-17(14)25-19(26-27)20(2,3)29)11-13-8-10-24-28(13)18-15(21)7-5-9-22-18/h5,7,9-10,12-13,17,29H,4,6,8,11H2,1-3H3,(H,25,26). The summed E-state index contributed by atoms with van der Waals surface area (Å²) in [7, 11) is 0. The number of aliphatic hydroxyl groups is 1. The summed E-state index contributed by atoms with van der Waals surface area (Å²) in [5.74, 6) is 1.38. The first-order valence-electron chi connectivity index (χ1n) is 9.92. The Kier molecular flexibility index (Phi) is 5.44. The molecule has 4 rings (SSSR count). The molecule has 29 heavy (non-hydrogen) atoms. The zero-order valence-electron chi connectivity index (χ0n) is 16.9. The monoisotopic (exact) mass is 459 g/mol. The van der Waals surface area contributed by atoms with Gasteiger partial charge in [-0.3, -0.25) is 5.43 Å². The van der Waals surface area contributed by atoms with Crippen molar-refractivity contribution in [1.29, 1.82) is 0 Å². The van der Waals surface area contributed by atoms with Gasteiger partial charge in [-0.15, -0.1) is 0 Å². The average molecular weight is 460 g/mol. The summed E-state index contributed by atoms with van der Waals surface area (Å²) in [4.78, 5) is 14.0. The maximum atomic E-state index is 10.3. The Balaban J connectivity index is 1.61. The molecule has 3 aliphatic rings. The van der Waals surface area contributed by atoms with Crippen molar-refractivity contribution in [2.75, 3.05) is 5.01 Å². The molecule has 1 aromatic heterocycles. The lowest BCUT2D eigenvalue weighted by atomic mass is 9.98. The van der Waals surface area contributed by atoms with Gasteiger partial charge < -0.3 is 5.11 Å². The molecule has 8 nitrogen and oxygen atoms in total. The lowest BCUT2D eigenvalue weighted by Gasteiger charge is -2.30. The van der Waals surface area contributed by atoms with Gasteiger partial charge in [0.25, 0.3) is 0 Å². The predicted molar refractivity (Wildman–Crippen MR) is 119 cm³/mol. The van der Waals surface area contributed by atoms with E-state index in [-0.39, 0.29) is 12.2 Å². The SMILES string of the molecule is CCCC1=C(CC2CC=NN2c2ncccc2Br)N=CN2NC(C(C)(C)O)=NC12. The molecule has 0 aliphatic carbocycles. The Morgan fingerprint density at radius 3 is 2.93 bits per heavy atom. The largest absolute Gasteiger partial charge is 0.382 e. The van der Waals surface area contributed by atoms with Crippen molar-refractivity contribution in [2.24, 2.45) is 15.1 Å². The van der Waals surface area contributed by atoms with Crippen LogP contribution in [0.5, 0.6) is 0 Å². The van der Waals surface area contributed by atoms with Gasteiger partial charge in [-0.1, -0.05) is 13.3 Å². The molecule has 0 saturated carbocycles. The maximum Gasteiger partial charge on any atom is 0.166 e. The van der Waals surface area contributed by atoms with E-state index >= 15 is 0 Å². The number of hydrogen-bond donors (Lipinski definition) is 2. The number of hydrazine groups is 1. The Bertz CT molecular complexity index is 902. The van der Waals surface area contributed by atoms with Crippen LogP contribution < -0.4 is 10.4 Å². The molecule has 1 aromatic rings. The van der Waals surface area contributed by atoms with Gasteiger partial charge in [0.15, 0.2) is 12.0 Å². The fraction of sp³-hybridized carbons (Fsp3) is 0.500. The van der Waals surface area contributed by atoms with E-state index < -0.39 is 5.60 Å². The summed E-state index contributed by atoms with van der Waals surface area (Å²) < 4.78 is 0.921. The summed E-state index contributed by atoms with van der Waals surface area (Å²) in [6, 6.07) is 4.03. The molecule has 0 fully saturated rings. The second-order valence-electron chi connectivity index (χ2n) is 7.94. The topological polar surface area (TPSA) is 88.7 Å². The Morgan fingerprint density at radius 2 is 2.21 bits per heavy atom. The molecule has 0 radical (unpaired) electrons. The van der Waals surface area contributed by atoms with Gasteiger partial charge in [-0.05, 0) is 53.9 Å². The van der Waals surface area contributed by atoms with E-state index in [1.165, 1.54) is 5.57 Å². The highest BCUT2D eigenvalue weighted by Crippen LogP contribution is 2.34. The van der Waals surface area contributed by atoms with Crippen LogP contribution in [0.2, 0.25) is 0 Å². The Labute approximate surface area is 179 Å². The molecule has 0 saturated heterocycles. The number of fused-ring (bicyclic) bond motifs is 1. The van der Waals surface area contributed by atoms with E-state index in [0.29, 0.717) is 5.84 Å². The van der Waals surface area contributed by atoms with Crippen molar-refractivity contribution < 1.29 is 5.11 Å². The first-order chi connectivity index (χ1) is 13.9. The number of anilines is 1. The molecule has 0 bridgehead atoms. The van der Waals surface area contributed by atoms with E-state index in [1.54, 1.807) is 26.4 Å². The molecule has 9 heteroatoms. The molecule has 3 aliphatic heterocycles. The van der Waals surface area contributed by atoms with E-state index in [0.717, 1.165) is 41.7 Å². The van der Waals surface area contributed by atoms with Crippen molar-refractivity contribution in [1.82, 2.24) is 15.4 Å². The lowest BCUT2D eigenvalue weighted by Crippen LogP contribution is -2.48. The third-order valence-corrected chi connectivity index (χ3v) is 5.80. The van der Waals surface area contributed by atoms with Crippen LogP contribution in [0.3, 0.4) is 0 Å². The number of pyridine rings is 1. The molecule has 2 atom stereocenters. The van der Waals surface area contributed by atoms with Gasteiger partial charge in [0.1, 0.15) is 17.8 Å². The molecule has 4 heterocycles. The highest BCUT2D eigenvalue weighted by Gasteiger charge is 2.37. The minimum atomic E-state index is -1.02. The van der Waals surface area contributed by atoms with Gasteiger partial charge >= 0.3 is 0 Å². The number of halogens is 1. The normalized spacial score (nSPS) is 23.6. The Hall–Kier alpha value is -2.26. The van der Waals surface area contributed by atoms with E-state index in [1.807, 2.05) is 28.4 Å². The minimum Gasteiger partial charge on any atom is -0.382 e. The number of amidine groups is 1. The predicted octanol–water partition coefficient (Wildman–Crippen LogP) is 3.21. The second kappa shape index (κ2) is 7.87. The average Bonchev–Trinajstić information content (AvgIpc) is 3.31. The second-order valence-corrected chi connectivity index (χ2v) is 8.80. The molecule has 0 amide bonds. The van der Waals surface area contributed by atoms with Crippen LogP contribution >= 0.6 is 15.9 Å². The lowest BCUT2D eigenvalue weighted by molar-refractivity contribution is 0.147. The first kappa shape index (κ1) is 20.0. The van der Waals surface area contributed by atoms with E-state index in [9.17, 15) is 5.11 Å². The molecule has 2 N–H and O–H groups in total. The van der Waals surface area contributed by atoms with Crippen LogP contribution in [0, 0.1) is 0 Å². The molecule has 2 unspecified atom stereocenters. The van der Waals surface area contributed by atoms with Gasteiger partial charge in [-0.2, -0.15) is 5.10 Å². The number of hydrogen-bond acceptors (Lipinski definition) is 8. The van der Waals surface area contributed by atoms with Crippen LogP contribution in [-0.2, 0) is 0 Å². The highest BCUT2D eigenvalue weighted by molar-refractivity contribution is 9.10. The van der Waals surface area contributed by atoms with Crippen molar-refractivity contribution in [3.05, 3.63) is 34.1 Å². The fourth-order valence-corrected chi connectivity index (χ4v) is 4.17. The van der Waals surface area contributed by atoms with Crippen molar-refractivity contribution in [3.8, 4) is 0 Å². The van der Waals surface area contributed by atoms with Crippen LogP contribution in [-0.4, -0.2) is 51.3 Å². The fourth-order valence-electron chi connectivity index (χ4n) is 3.74. The van der Waals surface area contributed by atoms with Gasteiger partial charge in [0, 0.05) is 31.0 Å². The van der Waals surface area contributed by atoms with Crippen LogP contribution in [0.4, 0.5) is 5.82 Å². The Morgan fingerprint density at radius 1 is 1.38 bits per heavy atom. The van der Waals surface area contributed by atoms with Crippen molar-refractivity contribution in [3.63, 3.8) is 0 Å². The van der Waals surface area contributed by atoms with Gasteiger partial charge in [0.2, 0.25) is 0 Å². The summed E-state index contributed by atoms with van der Waals surface area (Å²) >= 11 is 3.58. The van der Waals surface area contributed by atoms with Gasteiger partial charge in [0.05, 0.1) is 10.5 Å². The van der Waals surface area contributed by atoms with E-state index in [2.05, 4.69) is 38.4 Å². The third-order valence-electron chi connectivity index (χ3n) is 5.18.